The summed E-state index contributed by atoms with van der Waals surface area (Å²) in [4.78, 5) is 20.9. The molecule has 0 spiro atoms. The van der Waals surface area contributed by atoms with Gasteiger partial charge in [0, 0.05) is 40.3 Å². The molecule has 0 radical (unpaired) electrons. The van der Waals surface area contributed by atoms with Gasteiger partial charge in [-0.3, -0.25) is 0 Å². The fourth-order valence-corrected chi connectivity index (χ4v) is 4.12. The van der Waals surface area contributed by atoms with Crippen LogP contribution in [0.1, 0.15) is 64.2 Å². The largest absolute Gasteiger partial charge is 0.347 e. The van der Waals surface area contributed by atoms with Crippen LogP contribution in [0, 0.1) is 0 Å². The molecule has 2 aliphatic rings. The molecule has 2 saturated carbocycles. The Bertz CT molecular complexity index is 507. The molecule has 6 heteroatoms. The van der Waals surface area contributed by atoms with Crippen LogP contribution in [0.3, 0.4) is 0 Å². The Hall–Kier alpha value is -1.59. The molecule has 0 atom stereocenters. The number of hydrogen-bond acceptors (Lipinski definition) is 6. The van der Waals surface area contributed by atoms with Gasteiger partial charge in [-0.2, -0.15) is 15.0 Å². The average molecular weight is 347 g/mol. The van der Waals surface area contributed by atoms with Crippen molar-refractivity contribution in [2.45, 2.75) is 76.3 Å². The lowest BCUT2D eigenvalue weighted by atomic mass is 9.94. The highest BCUT2D eigenvalue weighted by atomic mass is 15.4. The van der Waals surface area contributed by atoms with Crippen molar-refractivity contribution in [3.8, 4) is 0 Å². The van der Waals surface area contributed by atoms with Crippen LogP contribution in [0.4, 0.5) is 17.8 Å². The number of rotatable bonds is 5. The Balaban J connectivity index is 1.85. The summed E-state index contributed by atoms with van der Waals surface area (Å²) in [7, 11) is 8.30. The third-order valence-electron chi connectivity index (χ3n) is 5.88. The predicted octanol–water partition coefficient (Wildman–Crippen LogP) is 3.48. The first-order valence-electron chi connectivity index (χ1n) is 9.95. The molecule has 1 aromatic rings. The maximum absolute atomic E-state index is 4.87. The molecular weight excluding hydrogens is 312 g/mol. The zero-order valence-corrected chi connectivity index (χ0v) is 16.4. The van der Waals surface area contributed by atoms with E-state index >= 15 is 0 Å². The van der Waals surface area contributed by atoms with E-state index in [0.29, 0.717) is 12.1 Å². The topological polar surface area (TPSA) is 48.4 Å². The average Bonchev–Trinajstić information content (AvgIpc) is 2.67. The van der Waals surface area contributed by atoms with Crippen molar-refractivity contribution in [3.05, 3.63) is 0 Å². The van der Waals surface area contributed by atoms with Gasteiger partial charge in [0.15, 0.2) is 0 Å². The van der Waals surface area contributed by atoms with Gasteiger partial charge in [0.2, 0.25) is 17.8 Å². The molecule has 25 heavy (non-hydrogen) atoms. The van der Waals surface area contributed by atoms with Crippen LogP contribution in [-0.2, 0) is 0 Å². The van der Waals surface area contributed by atoms with Crippen LogP contribution in [0.2, 0.25) is 0 Å². The molecule has 140 valence electrons. The van der Waals surface area contributed by atoms with Gasteiger partial charge < -0.3 is 14.7 Å². The van der Waals surface area contributed by atoms with Crippen molar-refractivity contribution in [1.82, 2.24) is 15.0 Å². The van der Waals surface area contributed by atoms with E-state index in [9.17, 15) is 0 Å². The van der Waals surface area contributed by atoms with Crippen molar-refractivity contribution >= 4 is 17.8 Å². The fraction of sp³-hybridized carbons (Fsp3) is 0.842. The van der Waals surface area contributed by atoms with E-state index in [1.807, 2.05) is 19.0 Å². The summed E-state index contributed by atoms with van der Waals surface area (Å²) in [6, 6.07) is 1.11. The fourth-order valence-electron chi connectivity index (χ4n) is 4.12. The third-order valence-corrected chi connectivity index (χ3v) is 5.88. The second-order valence-corrected chi connectivity index (χ2v) is 7.94. The zero-order chi connectivity index (χ0) is 17.8. The lowest BCUT2D eigenvalue weighted by Crippen LogP contribution is -2.37. The second kappa shape index (κ2) is 8.19. The van der Waals surface area contributed by atoms with Crippen LogP contribution in [0.5, 0.6) is 0 Å². The lowest BCUT2D eigenvalue weighted by Gasteiger charge is -2.34. The van der Waals surface area contributed by atoms with Crippen molar-refractivity contribution < 1.29 is 0 Å². The van der Waals surface area contributed by atoms with Gasteiger partial charge in [0.1, 0.15) is 0 Å². The number of nitrogens with zero attached hydrogens (tertiary/aromatic N) is 6. The zero-order valence-electron chi connectivity index (χ0n) is 16.4. The number of hydrogen-bond donors (Lipinski definition) is 0. The number of anilines is 3. The minimum Gasteiger partial charge on any atom is -0.347 e. The van der Waals surface area contributed by atoms with Crippen LogP contribution < -0.4 is 14.7 Å². The van der Waals surface area contributed by atoms with E-state index in [4.69, 9.17) is 15.0 Å². The normalized spacial score (nSPS) is 19.7. The van der Waals surface area contributed by atoms with Gasteiger partial charge in [-0.25, -0.2) is 0 Å². The molecular formula is C19H34N6. The Morgan fingerprint density at radius 3 is 1.28 bits per heavy atom. The molecule has 0 unspecified atom stereocenters. The summed E-state index contributed by atoms with van der Waals surface area (Å²) in [6.45, 7) is 0. The summed E-state index contributed by atoms with van der Waals surface area (Å²) in [5.74, 6) is 2.40. The first-order valence-corrected chi connectivity index (χ1v) is 9.95. The van der Waals surface area contributed by atoms with Crippen LogP contribution in [-0.4, -0.2) is 55.2 Å². The molecule has 1 aromatic heterocycles. The molecule has 0 aromatic carbocycles. The summed E-state index contributed by atoms with van der Waals surface area (Å²) in [5, 5.41) is 0. The monoisotopic (exact) mass is 346 g/mol. The Morgan fingerprint density at radius 1 is 0.560 bits per heavy atom. The maximum atomic E-state index is 4.87. The molecule has 2 fully saturated rings. The van der Waals surface area contributed by atoms with Crippen molar-refractivity contribution in [1.29, 1.82) is 0 Å². The molecule has 2 aliphatic carbocycles. The Labute approximate surface area is 152 Å². The van der Waals surface area contributed by atoms with E-state index in [0.717, 1.165) is 17.8 Å². The molecule has 0 amide bonds. The molecule has 0 saturated heterocycles. The minimum absolute atomic E-state index is 0.555. The molecule has 0 aliphatic heterocycles. The van der Waals surface area contributed by atoms with Crippen molar-refractivity contribution in [2.24, 2.45) is 0 Å². The lowest BCUT2D eigenvalue weighted by molar-refractivity contribution is 0.419. The Morgan fingerprint density at radius 2 is 0.920 bits per heavy atom. The maximum Gasteiger partial charge on any atom is 0.231 e. The first-order chi connectivity index (χ1) is 12.1. The highest BCUT2D eigenvalue weighted by Crippen LogP contribution is 2.28. The molecule has 0 N–H and O–H groups in total. The van der Waals surface area contributed by atoms with Crippen molar-refractivity contribution in [2.75, 3.05) is 42.9 Å². The summed E-state index contributed by atoms with van der Waals surface area (Å²) in [6.07, 6.45) is 13.0. The van der Waals surface area contributed by atoms with E-state index in [2.05, 4.69) is 23.9 Å². The van der Waals surface area contributed by atoms with Crippen LogP contribution in [0.25, 0.3) is 0 Å². The highest BCUT2D eigenvalue weighted by Gasteiger charge is 2.25. The van der Waals surface area contributed by atoms with Gasteiger partial charge in [-0.15, -0.1) is 0 Å². The number of aromatic nitrogens is 3. The van der Waals surface area contributed by atoms with Gasteiger partial charge in [0.05, 0.1) is 0 Å². The Kier molecular flexibility index (Phi) is 5.97. The molecule has 0 bridgehead atoms. The van der Waals surface area contributed by atoms with Gasteiger partial charge in [0.25, 0.3) is 0 Å². The minimum atomic E-state index is 0.555. The first kappa shape index (κ1) is 18.2. The molecule has 1 heterocycles. The highest BCUT2D eigenvalue weighted by molar-refractivity contribution is 5.46. The van der Waals surface area contributed by atoms with Gasteiger partial charge in [-0.1, -0.05) is 38.5 Å². The van der Waals surface area contributed by atoms with Crippen LogP contribution in [0.15, 0.2) is 0 Å². The van der Waals surface area contributed by atoms with Crippen LogP contribution >= 0.6 is 0 Å². The quantitative estimate of drug-likeness (QED) is 0.813. The van der Waals surface area contributed by atoms with E-state index in [1.54, 1.807) is 0 Å². The predicted molar refractivity (Wildman–Crippen MR) is 105 cm³/mol. The molecule has 3 rings (SSSR count). The van der Waals surface area contributed by atoms with E-state index in [1.165, 1.54) is 64.2 Å². The van der Waals surface area contributed by atoms with Gasteiger partial charge in [-0.05, 0) is 25.7 Å². The summed E-state index contributed by atoms with van der Waals surface area (Å²) >= 11 is 0. The third kappa shape index (κ3) is 4.33. The van der Waals surface area contributed by atoms with Crippen molar-refractivity contribution in [3.63, 3.8) is 0 Å². The van der Waals surface area contributed by atoms with E-state index in [-0.39, 0.29) is 0 Å². The summed E-state index contributed by atoms with van der Waals surface area (Å²) < 4.78 is 0. The second-order valence-electron chi connectivity index (χ2n) is 7.94. The van der Waals surface area contributed by atoms with E-state index < -0.39 is 0 Å². The smallest absolute Gasteiger partial charge is 0.231 e. The van der Waals surface area contributed by atoms with Gasteiger partial charge >= 0.3 is 0 Å². The SMILES string of the molecule is CN(C)c1nc(N(C)C2CCCCC2)nc(N(C)C2CCCCC2)n1. The summed E-state index contributed by atoms with van der Waals surface area (Å²) in [5.41, 5.74) is 0. The molecule has 6 nitrogen and oxygen atoms in total. The standard InChI is InChI=1S/C19H34N6/c1-23(2)17-20-18(24(3)15-11-7-5-8-12-15)22-19(21-17)25(4)16-13-9-6-10-14-16/h15-16H,5-14H2,1-4H3.